The van der Waals surface area contributed by atoms with Gasteiger partial charge in [0, 0.05) is 36.5 Å². The van der Waals surface area contributed by atoms with Crippen LogP contribution in [0.25, 0.3) is 11.0 Å². The number of amides is 1. The zero-order valence-electron chi connectivity index (χ0n) is 17.0. The molecule has 8 nitrogen and oxygen atoms in total. The molecule has 0 saturated heterocycles. The number of rotatable bonds is 6. The zero-order chi connectivity index (χ0) is 21.8. The summed E-state index contributed by atoms with van der Waals surface area (Å²) < 4.78 is 2.08. The Balaban J connectivity index is 1.30. The van der Waals surface area contributed by atoms with Gasteiger partial charge in [-0.25, -0.2) is 15.0 Å². The quantitative estimate of drug-likeness (QED) is 0.425. The molecule has 0 bridgehead atoms. The van der Waals surface area contributed by atoms with Crippen molar-refractivity contribution in [2.75, 3.05) is 10.6 Å². The van der Waals surface area contributed by atoms with Crippen molar-refractivity contribution < 1.29 is 4.79 Å². The summed E-state index contributed by atoms with van der Waals surface area (Å²) in [7, 11) is 0. The van der Waals surface area contributed by atoms with E-state index in [0.29, 0.717) is 18.2 Å². The Bertz CT molecular complexity index is 1380. The third kappa shape index (κ3) is 4.29. The topological polar surface area (TPSA) is 97.6 Å². The highest BCUT2D eigenvalue weighted by molar-refractivity contribution is 6.03. The first-order valence-corrected chi connectivity index (χ1v) is 10.0. The van der Waals surface area contributed by atoms with Crippen molar-refractivity contribution in [1.82, 2.24) is 24.5 Å². The maximum Gasteiger partial charge on any atom is 0.274 e. The molecule has 0 fully saturated rings. The molecule has 0 unspecified atom stereocenters. The van der Waals surface area contributed by atoms with Crippen molar-refractivity contribution in [1.29, 1.82) is 0 Å². The van der Waals surface area contributed by atoms with Crippen LogP contribution in [0.2, 0.25) is 0 Å². The van der Waals surface area contributed by atoms with Crippen LogP contribution in [0.5, 0.6) is 0 Å². The van der Waals surface area contributed by atoms with Crippen LogP contribution in [0.1, 0.15) is 16.1 Å². The second-order valence-corrected chi connectivity index (χ2v) is 7.14. The molecule has 32 heavy (non-hydrogen) atoms. The summed E-state index contributed by atoms with van der Waals surface area (Å²) in [6.07, 6.45) is 6.71. The fourth-order valence-corrected chi connectivity index (χ4v) is 3.39. The Kier molecular flexibility index (Phi) is 5.24. The van der Waals surface area contributed by atoms with E-state index in [-0.39, 0.29) is 11.6 Å². The first-order valence-electron chi connectivity index (χ1n) is 10.0. The van der Waals surface area contributed by atoms with Gasteiger partial charge in [-0.05, 0) is 48.0 Å². The molecular formula is C24H19N7O. The van der Waals surface area contributed by atoms with E-state index < -0.39 is 0 Å². The Hall–Kier alpha value is -4.59. The number of aromatic nitrogens is 5. The largest absolute Gasteiger partial charge is 0.326 e. The second kappa shape index (κ2) is 8.65. The van der Waals surface area contributed by atoms with E-state index in [9.17, 15) is 4.79 Å². The maximum atomic E-state index is 12.8. The van der Waals surface area contributed by atoms with Crippen molar-refractivity contribution >= 4 is 34.3 Å². The molecular weight excluding hydrogens is 402 g/mol. The van der Waals surface area contributed by atoms with E-state index in [1.165, 1.54) is 0 Å². The molecule has 1 amide bonds. The zero-order valence-corrected chi connectivity index (χ0v) is 17.0. The SMILES string of the molecule is O=C(Nc1cccc(Cn2cnc3ccccc32)c1)c1ccnc(Nc2ccncc2)n1. The highest BCUT2D eigenvalue weighted by Gasteiger charge is 2.10. The summed E-state index contributed by atoms with van der Waals surface area (Å²) >= 11 is 0. The molecule has 156 valence electrons. The number of carbonyl (C=O) groups excluding carboxylic acids is 1. The van der Waals surface area contributed by atoms with E-state index in [0.717, 1.165) is 22.3 Å². The van der Waals surface area contributed by atoms with Crippen LogP contribution in [0, 0.1) is 0 Å². The van der Waals surface area contributed by atoms with Crippen LogP contribution in [0.4, 0.5) is 17.3 Å². The first kappa shape index (κ1) is 19.4. The molecule has 0 aliphatic carbocycles. The summed E-state index contributed by atoms with van der Waals surface area (Å²) in [5.74, 6) is 0.0278. The number of carbonyl (C=O) groups is 1. The predicted octanol–water partition coefficient (Wildman–Crippen LogP) is 4.27. The fraction of sp³-hybridized carbons (Fsp3) is 0.0417. The number of hydrogen-bond donors (Lipinski definition) is 2. The average molecular weight is 421 g/mol. The minimum Gasteiger partial charge on any atom is -0.326 e. The monoisotopic (exact) mass is 421 g/mol. The van der Waals surface area contributed by atoms with Crippen LogP contribution in [0.15, 0.2) is 91.6 Å². The Morgan fingerprint density at radius 2 is 1.75 bits per heavy atom. The number of imidazole rings is 1. The molecule has 2 aromatic carbocycles. The van der Waals surface area contributed by atoms with Crippen molar-refractivity contribution in [2.24, 2.45) is 0 Å². The lowest BCUT2D eigenvalue weighted by Crippen LogP contribution is -2.15. The van der Waals surface area contributed by atoms with Crippen LogP contribution >= 0.6 is 0 Å². The van der Waals surface area contributed by atoms with E-state index >= 15 is 0 Å². The Morgan fingerprint density at radius 3 is 2.66 bits per heavy atom. The van der Waals surface area contributed by atoms with Gasteiger partial charge in [-0.3, -0.25) is 9.78 Å². The number of fused-ring (bicyclic) bond motifs is 1. The lowest BCUT2D eigenvalue weighted by molar-refractivity contribution is 0.102. The van der Waals surface area contributed by atoms with Gasteiger partial charge in [-0.1, -0.05) is 24.3 Å². The van der Waals surface area contributed by atoms with Gasteiger partial charge in [0.15, 0.2) is 0 Å². The van der Waals surface area contributed by atoms with E-state index in [4.69, 9.17) is 0 Å². The number of nitrogens with one attached hydrogen (secondary N) is 2. The molecule has 5 rings (SSSR count). The predicted molar refractivity (Wildman–Crippen MR) is 123 cm³/mol. The number of para-hydroxylation sites is 2. The maximum absolute atomic E-state index is 12.8. The molecule has 3 aromatic heterocycles. The van der Waals surface area contributed by atoms with Gasteiger partial charge in [-0.15, -0.1) is 0 Å². The summed E-state index contributed by atoms with van der Waals surface area (Å²) in [5.41, 5.74) is 4.82. The van der Waals surface area contributed by atoms with Crippen LogP contribution in [-0.4, -0.2) is 30.4 Å². The molecule has 0 saturated carbocycles. The molecule has 3 heterocycles. The number of pyridine rings is 1. The first-order chi connectivity index (χ1) is 15.7. The van der Waals surface area contributed by atoms with Crippen molar-refractivity contribution in [3.8, 4) is 0 Å². The van der Waals surface area contributed by atoms with E-state index in [1.807, 2.05) is 54.9 Å². The molecule has 0 spiro atoms. The standard InChI is InChI=1S/C24H19N7O/c32-23(21-10-13-26-24(30-21)29-18-8-11-25-12-9-18)28-19-5-3-4-17(14-19)15-31-16-27-20-6-1-2-7-22(20)31/h1-14,16H,15H2,(H,28,32)(H,25,26,29,30). The van der Waals surface area contributed by atoms with Crippen LogP contribution < -0.4 is 10.6 Å². The molecule has 0 radical (unpaired) electrons. The van der Waals surface area contributed by atoms with Gasteiger partial charge in [-0.2, -0.15) is 0 Å². The van der Waals surface area contributed by atoms with Gasteiger partial charge in [0.05, 0.1) is 17.4 Å². The highest BCUT2D eigenvalue weighted by atomic mass is 16.1. The summed E-state index contributed by atoms with van der Waals surface area (Å²) in [6, 6.07) is 20.9. The van der Waals surface area contributed by atoms with Gasteiger partial charge >= 0.3 is 0 Å². The van der Waals surface area contributed by atoms with Crippen LogP contribution in [0.3, 0.4) is 0 Å². The Morgan fingerprint density at radius 1 is 0.875 bits per heavy atom. The number of hydrogen-bond acceptors (Lipinski definition) is 6. The minimum atomic E-state index is -0.310. The number of anilines is 3. The lowest BCUT2D eigenvalue weighted by Gasteiger charge is -2.09. The van der Waals surface area contributed by atoms with Crippen LogP contribution in [-0.2, 0) is 6.54 Å². The molecule has 0 aliphatic rings. The average Bonchev–Trinajstić information content (AvgIpc) is 3.23. The van der Waals surface area contributed by atoms with Crippen molar-refractivity contribution in [2.45, 2.75) is 6.54 Å². The number of benzene rings is 2. The Labute approximate surface area is 184 Å². The van der Waals surface area contributed by atoms with Gasteiger partial charge in [0.25, 0.3) is 5.91 Å². The van der Waals surface area contributed by atoms with Gasteiger partial charge < -0.3 is 15.2 Å². The molecule has 0 atom stereocenters. The van der Waals surface area contributed by atoms with Crippen molar-refractivity contribution in [3.63, 3.8) is 0 Å². The van der Waals surface area contributed by atoms with E-state index in [2.05, 4.69) is 35.1 Å². The van der Waals surface area contributed by atoms with E-state index in [1.54, 1.807) is 36.8 Å². The third-order valence-electron chi connectivity index (χ3n) is 4.89. The normalized spacial score (nSPS) is 10.8. The molecule has 2 N–H and O–H groups in total. The lowest BCUT2D eigenvalue weighted by atomic mass is 10.2. The summed E-state index contributed by atoms with van der Waals surface area (Å²) in [4.78, 5) is 29.7. The smallest absolute Gasteiger partial charge is 0.274 e. The summed E-state index contributed by atoms with van der Waals surface area (Å²) in [5, 5.41) is 5.98. The third-order valence-corrected chi connectivity index (χ3v) is 4.89. The summed E-state index contributed by atoms with van der Waals surface area (Å²) in [6.45, 7) is 0.651. The van der Waals surface area contributed by atoms with Gasteiger partial charge in [0.2, 0.25) is 5.95 Å². The minimum absolute atomic E-state index is 0.266. The number of nitrogens with zero attached hydrogens (tertiary/aromatic N) is 5. The highest BCUT2D eigenvalue weighted by Crippen LogP contribution is 2.17. The van der Waals surface area contributed by atoms with Crippen molar-refractivity contribution in [3.05, 3.63) is 103 Å². The van der Waals surface area contributed by atoms with Gasteiger partial charge in [0.1, 0.15) is 5.69 Å². The molecule has 0 aliphatic heterocycles. The fourth-order valence-electron chi connectivity index (χ4n) is 3.39. The molecule has 5 aromatic rings. The molecule has 8 heteroatoms. The second-order valence-electron chi connectivity index (χ2n) is 7.14.